The molecule has 22 heavy (non-hydrogen) atoms. The average molecular weight is 315 g/mol. The molecule has 0 saturated carbocycles. The molecule has 1 heterocycles. The molecule has 0 spiro atoms. The maximum absolute atomic E-state index is 12.3. The number of rotatable bonds is 6. The molecule has 2 amide bonds. The van der Waals surface area contributed by atoms with E-state index in [9.17, 15) is 9.59 Å². The smallest absolute Gasteiger partial charge is 0.417 e. The Kier molecular flexibility index (Phi) is 6.38. The highest BCUT2D eigenvalue weighted by atomic mass is 16.7. The molecule has 3 atom stereocenters. The first-order chi connectivity index (χ1) is 10.1. The second kappa shape index (κ2) is 7.42. The van der Waals surface area contributed by atoms with Crippen molar-refractivity contribution in [2.45, 2.75) is 78.9 Å². The van der Waals surface area contributed by atoms with Gasteiger partial charge in [-0.2, -0.15) is 0 Å². The Hall–Kier alpha value is -1.14. The number of imide groups is 1. The highest BCUT2D eigenvalue weighted by Gasteiger charge is 2.53. The van der Waals surface area contributed by atoms with Gasteiger partial charge in [-0.25, -0.2) is 9.69 Å². The van der Waals surface area contributed by atoms with Gasteiger partial charge >= 0.3 is 6.09 Å². The van der Waals surface area contributed by atoms with Crippen LogP contribution in [0.15, 0.2) is 0 Å². The molecule has 6 nitrogen and oxygen atoms in total. The molecule has 1 fully saturated rings. The molecule has 1 unspecified atom stereocenters. The first-order valence-electron chi connectivity index (χ1n) is 7.90. The monoisotopic (exact) mass is 315 g/mol. The number of hydrogen-bond donors (Lipinski definition) is 0. The van der Waals surface area contributed by atoms with Gasteiger partial charge in [-0.3, -0.25) is 4.79 Å². The van der Waals surface area contributed by atoms with Gasteiger partial charge in [0.1, 0.15) is 5.60 Å². The lowest BCUT2D eigenvalue weighted by Crippen LogP contribution is -2.68. The molecule has 1 aliphatic heterocycles. The summed E-state index contributed by atoms with van der Waals surface area (Å²) in [6.45, 7) is 13.5. The predicted molar refractivity (Wildman–Crippen MR) is 82.3 cm³/mol. The maximum Gasteiger partial charge on any atom is 0.417 e. The molecule has 0 aliphatic carbocycles. The van der Waals surface area contributed by atoms with Crippen molar-refractivity contribution in [1.29, 1.82) is 0 Å². The predicted octanol–water partition coefficient (Wildman–Crippen LogP) is 2.95. The molecule has 0 aromatic carbocycles. The minimum atomic E-state index is -0.642. The number of carbonyl (C=O) groups is 2. The maximum atomic E-state index is 12.3. The summed E-state index contributed by atoms with van der Waals surface area (Å²) >= 11 is 0. The van der Waals surface area contributed by atoms with Gasteiger partial charge in [0.25, 0.3) is 5.91 Å². The second-order valence-corrected chi connectivity index (χ2v) is 6.97. The first-order valence-corrected chi connectivity index (χ1v) is 7.90. The lowest BCUT2D eigenvalue weighted by Gasteiger charge is -2.46. The van der Waals surface area contributed by atoms with Crippen LogP contribution in [-0.2, 0) is 19.0 Å². The van der Waals surface area contributed by atoms with E-state index in [4.69, 9.17) is 14.2 Å². The van der Waals surface area contributed by atoms with Crippen LogP contribution in [0.5, 0.6) is 0 Å². The van der Waals surface area contributed by atoms with Crippen molar-refractivity contribution in [3.63, 3.8) is 0 Å². The van der Waals surface area contributed by atoms with Crippen LogP contribution >= 0.6 is 0 Å². The van der Waals surface area contributed by atoms with Crippen molar-refractivity contribution in [2.75, 3.05) is 6.61 Å². The molecule has 0 aromatic heterocycles. The SMILES string of the molecule is CCOC(C)O[C@H]1C(=O)N(C(=O)OC(C)(C)C)[C@H]1CC(C)C. The van der Waals surface area contributed by atoms with Crippen LogP contribution in [0.1, 0.15) is 54.9 Å². The van der Waals surface area contributed by atoms with E-state index < -0.39 is 24.1 Å². The van der Waals surface area contributed by atoms with E-state index in [1.165, 1.54) is 4.90 Å². The van der Waals surface area contributed by atoms with E-state index in [-0.39, 0.29) is 11.9 Å². The molecule has 0 bridgehead atoms. The van der Waals surface area contributed by atoms with Crippen molar-refractivity contribution in [1.82, 2.24) is 4.90 Å². The van der Waals surface area contributed by atoms with Crippen LogP contribution in [0.4, 0.5) is 4.79 Å². The third-order valence-electron chi connectivity index (χ3n) is 3.20. The summed E-state index contributed by atoms with van der Waals surface area (Å²) < 4.78 is 16.3. The summed E-state index contributed by atoms with van der Waals surface area (Å²) in [6.07, 6.45) is -1.05. The fourth-order valence-corrected chi connectivity index (χ4v) is 2.40. The number of β-lactam (4-membered cyclic amide) rings is 1. The zero-order chi connectivity index (χ0) is 17.1. The third kappa shape index (κ3) is 4.95. The Balaban J connectivity index is 2.77. The second-order valence-electron chi connectivity index (χ2n) is 6.97. The fraction of sp³-hybridized carbons (Fsp3) is 0.875. The normalized spacial score (nSPS) is 23.5. The molecule has 1 saturated heterocycles. The Morgan fingerprint density at radius 1 is 1.27 bits per heavy atom. The summed E-state index contributed by atoms with van der Waals surface area (Å²) in [5.41, 5.74) is -0.635. The summed E-state index contributed by atoms with van der Waals surface area (Å²) in [7, 11) is 0. The number of hydrogen-bond acceptors (Lipinski definition) is 5. The Labute approximate surface area is 133 Å². The van der Waals surface area contributed by atoms with E-state index >= 15 is 0 Å². The van der Waals surface area contributed by atoms with E-state index in [1.54, 1.807) is 27.7 Å². The van der Waals surface area contributed by atoms with Gasteiger partial charge < -0.3 is 14.2 Å². The zero-order valence-electron chi connectivity index (χ0n) is 14.7. The van der Waals surface area contributed by atoms with Crippen molar-refractivity contribution in [3.05, 3.63) is 0 Å². The van der Waals surface area contributed by atoms with E-state index in [1.807, 2.05) is 20.8 Å². The number of carbonyl (C=O) groups excluding carboxylic acids is 2. The number of ether oxygens (including phenoxy) is 3. The summed E-state index contributed by atoms with van der Waals surface area (Å²) in [5, 5.41) is 0. The van der Waals surface area contributed by atoms with Crippen LogP contribution in [-0.4, -0.2) is 47.5 Å². The molecule has 1 aliphatic rings. The quantitative estimate of drug-likeness (QED) is 0.557. The minimum Gasteiger partial charge on any atom is -0.443 e. The van der Waals surface area contributed by atoms with Crippen LogP contribution in [0.2, 0.25) is 0 Å². The first kappa shape index (κ1) is 18.9. The molecule has 0 radical (unpaired) electrons. The van der Waals surface area contributed by atoms with Gasteiger partial charge in [-0.1, -0.05) is 13.8 Å². The van der Waals surface area contributed by atoms with E-state index in [0.717, 1.165) is 0 Å². The Morgan fingerprint density at radius 3 is 2.32 bits per heavy atom. The Bertz CT molecular complexity index is 402. The molecule has 6 heteroatoms. The van der Waals surface area contributed by atoms with E-state index in [2.05, 4.69) is 0 Å². The highest BCUT2D eigenvalue weighted by molar-refractivity contribution is 6.01. The molecule has 128 valence electrons. The lowest BCUT2D eigenvalue weighted by molar-refractivity contribution is -0.211. The van der Waals surface area contributed by atoms with Gasteiger partial charge in [0.05, 0.1) is 6.04 Å². The fourth-order valence-electron chi connectivity index (χ4n) is 2.40. The van der Waals surface area contributed by atoms with Gasteiger partial charge in [0.2, 0.25) is 0 Å². The van der Waals surface area contributed by atoms with Crippen LogP contribution in [0.25, 0.3) is 0 Å². The average Bonchev–Trinajstić information content (AvgIpc) is 2.33. The van der Waals surface area contributed by atoms with Crippen molar-refractivity contribution in [2.24, 2.45) is 5.92 Å². The largest absolute Gasteiger partial charge is 0.443 e. The third-order valence-corrected chi connectivity index (χ3v) is 3.20. The zero-order valence-corrected chi connectivity index (χ0v) is 14.7. The summed E-state index contributed by atoms with van der Waals surface area (Å²) in [4.78, 5) is 25.6. The minimum absolute atomic E-state index is 0.301. The molecular formula is C16H29NO5. The van der Waals surface area contributed by atoms with Crippen LogP contribution in [0, 0.1) is 5.92 Å². The molecular weight excluding hydrogens is 286 g/mol. The number of amides is 2. The van der Waals surface area contributed by atoms with Crippen molar-refractivity contribution < 1.29 is 23.8 Å². The topological polar surface area (TPSA) is 65.1 Å². The number of nitrogens with zero attached hydrogens (tertiary/aromatic N) is 1. The van der Waals surface area contributed by atoms with Gasteiger partial charge in [0.15, 0.2) is 12.4 Å². The molecule has 0 N–H and O–H groups in total. The van der Waals surface area contributed by atoms with Crippen molar-refractivity contribution >= 4 is 12.0 Å². The van der Waals surface area contributed by atoms with Crippen LogP contribution in [0.3, 0.4) is 0 Å². The van der Waals surface area contributed by atoms with Gasteiger partial charge in [0, 0.05) is 6.61 Å². The summed E-state index contributed by atoms with van der Waals surface area (Å²) in [6, 6.07) is -0.301. The van der Waals surface area contributed by atoms with Crippen LogP contribution < -0.4 is 0 Å². The highest BCUT2D eigenvalue weighted by Crippen LogP contribution is 2.31. The van der Waals surface area contributed by atoms with E-state index in [0.29, 0.717) is 18.9 Å². The van der Waals surface area contributed by atoms with Gasteiger partial charge in [-0.15, -0.1) is 0 Å². The standard InChI is InChI=1S/C16H29NO5/c1-8-20-11(4)21-13-12(9-10(2)3)17(14(13)18)15(19)22-16(5,6)7/h10-13H,8-9H2,1-7H3/t11?,12-,13+/m0/s1. The molecule has 0 aromatic rings. The lowest BCUT2D eigenvalue weighted by atomic mass is 9.90. The van der Waals surface area contributed by atoms with Gasteiger partial charge in [-0.05, 0) is 47.0 Å². The summed E-state index contributed by atoms with van der Waals surface area (Å²) in [5.74, 6) is -0.0250. The number of likely N-dealkylation sites (tertiary alicyclic amines) is 1. The van der Waals surface area contributed by atoms with Crippen molar-refractivity contribution in [3.8, 4) is 0 Å². The molecule has 1 rings (SSSR count). The Morgan fingerprint density at radius 2 is 1.86 bits per heavy atom.